The molecule has 0 saturated carbocycles. The van der Waals surface area contributed by atoms with Gasteiger partial charge in [0.1, 0.15) is 18.4 Å². The molecular weight excluding hydrogens is 935 g/mol. The SMILES string of the molecule is CCC1CCN(P)CC1.CCC1CCN(P)CC1.COCC1CCN(P)CC1.O=C1CCN(P)CC1.O=CC1CCN(P)CC1.O=CCC1CCN(P)CC1.OCC1CCN(P)CC1. The molecule has 0 aromatic rings. The van der Waals surface area contributed by atoms with Crippen LogP contribution < -0.4 is 0 Å². The lowest BCUT2D eigenvalue weighted by molar-refractivity contribution is -0.120. The molecule has 0 aromatic carbocycles. The zero-order valence-electron chi connectivity index (χ0n) is 40.7. The van der Waals surface area contributed by atoms with Gasteiger partial charge < -0.3 is 19.4 Å². The van der Waals surface area contributed by atoms with E-state index in [0.717, 1.165) is 134 Å². The van der Waals surface area contributed by atoms with E-state index in [1.165, 1.54) is 103 Å². The first-order chi connectivity index (χ1) is 30.7. The monoisotopic (exact) mass is 1030 g/mol. The van der Waals surface area contributed by atoms with Gasteiger partial charge in [0.15, 0.2) is 0 Å². The number of aliphatic hydroxyl groups is 1. The van der Waals surface area contributed by atoms with E-state index in [1.54, 1.807) is 7.11 Å². The molecule has 64 heavy (non-hydrogen) atoms. The van der Waals surface area contributed by atoms with Gasteiger partial charge in [-0.25, -0.2) is 0 Å². The van der Waals surface area contributed by atoms with Gasteiger partial charge in [-0.2, -0.15) is 0 Å². The average molecular weight is 1030 g/mol. The Morgan fingerprint density at radius 1 is 0.484 bits per heavy atom. The van der Waals surface area contributed by atoms with Gasteiger partial charge in [-0.3, -0.25) is 37.5 Å². The summed E-state index contributed by atoms with van der Waals surface area (Å²) in [6.45, 7) is 21.9. The van der Waals surface area contributed by atoms with E-state index in [9.17, 15) is 14.4 Å². The van der Waals surface area contributed by atoms with E-state index in [1.807, 2.05) is 0 Å². The summed E-state index contributed by atoms with van der Waals surface area (Å²) in [7, 11) is 20.7. The van der Waals surface area contributed by atoms with E-state index in [4.69, 9.17) is 9.84 Å². The number of carbonyl (C=O) groups excluding carboxylic acids is 3. The van der Waals surface area contributed by atoms with Crippen LogP contribution in [0.5, 0.6) is 0 Å². The fraction of sp³-hybridized carbons (Fsp3) is 0.933. The molecule has 7 unspecified atom stereocenters. The Bertz CT molecular complexity index is 1060. The first kappa shape index (κ1) is 63.7. The predicted molar refractivity (Wildman–Crippen MR) is 296 cm³/mol. The van der Waals surface area contributed by atoms with E-state index >= 15 is 0 Å². The van der Waals surface area contributed by atoms with Crippen LogP contribution in [0.1, 0.15) is 123 Å². The molecule has 7 aliphatic rings. The lowest BCUT2D eigenvalue weighted by Crippen LogP contribution is -2.27. The van der Waals surface area contributed by atoms with E-state index in [2.05, 4.69) is 112 Å². The summed E-state index contributed by atoms with van der Waals surface area (Å²) in [5, 5.41) is 8.75. The van der Waals surface area contributed by atoms with Crippen molar-refractivity contribution in [3.05, 3.63) is 0 Å². The summed E-state index contributed by atoms with van der Waals surface area (Å²) in [5.74, 6) is 4.81. The number of Topliss-reactive ketones (excluding diaryl/α,β-unsaturated/α-hetero) is 1. The molecule has 7 aliphatic heterocycles. The highest BCUT2D eigenvalue weighted by molar-refractivity contribution is 7.14. The summed E-state index contributed by atoms with van der Waals surface area (Å²) < 4.78 is 20.8. The number of carbonyl (C=O) groups is 3. The van der Waals surface area contributed by atoms with Crippen LogP contribution in [-0.4, -0.2) is 168 Å². The Labute approximate surface area is 409 Å². The smallest absolute Gasteiger partial charge is 0.135 e. The largest absolute Gasteiger partial charge is 0.396 e. The van der Waals surface area contributed by atoms with E-state index < -0.39 is 0 Å². The number of ketones is 1. The highest BCUT2D eigenvalue weighted by atomic mass is 31.0. The van der Waals surface area contributed by atoms with Crippen molar-refractivity contribution in [2.45, 2.75) is 123 Å². The third-order valence-corrected chi connectivity index (χ3v) is 17.2. The minimum absolute atomic E-state index is 0.335. The third kappa shape index (κ3) is 34.1. The Morgan fingerprint density at radius 2 is 0.781 bits per heavy atom. The molecule has 12 nitrogen and oxygen atoms in total. The molecule has 0 bridgehead atoms. The normalized spacial score (nSPS) is 24.0. The maximum Gasteiger partial charge on any atom is 0.135 e. The van der Waals surface area contributed by atoms with Crippen LogP contribution in [0.25, 0.3) is 0 Å². The molecular formula is C45H98N7O5P7. The molecule has 0 spiro atoms. The Balaban J connectivity index is 0.000000374. The standard InChI is InChI=1S/C7H16NOP.C7H14NOP.2C7H16NP.C6H14NOP.C6H12NOP.C5H10NOP/c1-9-6-7-2-4-8(10)5-3-7;9-6-3-7-1-4-8(10)5-2-7;2*1-2-7-3-5-8(9)6-4-7;2*8-5-6-1-3-7(9)4-2-6;7-5-1-3-6(8)4-2-5/h7H,2-6,10H2,1H3;6-7H,1-5,10H2;2*7H,2-6,9H2,1H3;6,8H,1-5,9H2;5-6H,1-4,9H2;1-4,8H2. The van der Waals surface area contributed by atoms with E-state index in [-0.39, 0.29) is 0 Å². The van der Waals surface area contributed by atoms with Gasteiger partial charge in [0.2, 0.25) is 0 Å². The molecule has 0 aromatic heterocycles. The van der Waals surface area contributed by atoms with Crippen LogP contribution in [0.3, 0.4) is 0 Å². The summed E-state index contributed by atoms with van der Waals surface area (Å²) in [6.07, 6.45) is 22.0. The van der Waals surface area contributed by atoms with Crippen LogP contribution in [0.2, 0.25) is 0 Å². The summed E-state index contributed by atoms with van der Waals surface area (Å²) in [6, 6.07) is 0. The van der Waals surface area contributed by atoms with Crippen molar-refractivity contribution in [2.24, 2.45) is 35.5 Å². The zero-order valence-corrected chi connectivity index (χ0v) is 48.8. The average Bonchev–Trinajstić information content (AvgIpc) is 3.31. The second-order valence-electron chi connectivity index (χ2n) is 18.8. The number of hydrogen-bond acceptors (Lipinski definition) is 12. The number of piperidine rings is 7. The molecule has 7 saturated heterocycles. The maximum absolute atomic E-state index is 10.6. The quantitative estimate of drug-likeness (QED) is 0.191. The first-order valence-corrected chi connectivity index (χ1v) is 28.3. The minimum atomic E-state index is 0.335. The fourth-order valence-electron chi connectivity index (χ4n) is 8.37. The first-order valence-electron chi connectivity index (χ1n) is 24.7. The highest BCUT2D eigenvalue weighted by Crippen LogP contribution is 2.24. The van der Waals surface area contributed by atoms with Crippen molar-refractivity contribution in [1.82, 2.24) is 32.7 Å². The second kappa shape index (κ2) is 41.3. The van der Waals surface area contributed by atoms with Crippen molar-refractivity contribution in [3.8, 4) is 0 Å². The number of ether oxygens (including phenoxy) is 1. The van der Waals surface area contributed by atoms with Crippen molar-refractivity contribution >= 4 is 84.1 Å². The molecule has 378 valence electrons. The number of methoxy groups -OCH3 is 1. The van der Waals surface area contributed by atoms with Crippen molar-refractivity contribution in [1.29, 1.82) is 0 Å². The number of hydrogen-bond donors (Lipinski definition) is 1. The third-order valence-electron chi connectivity index (χ3n) is 13.6. The van der Waals surface area contributed by atoms with Crippen LogP contribution in [0.4, 0.5) is 0 Å². The highest BCUT2D eigenvalue weighted by Gasteiger charge is 2.19. The van der Waals surface area contributed by atoms with Gasteiger partial charge in [0.25, 0.3) is 0 Å². The maximum atomic E-state index is 10.6. The van der Waals surface area contributed by atoms with E-state index in [0.29, 0.717) is 30.1 Å². The number of rotatable bonds is 8. The molecule has 7 rings (SSSR count). The van der Waals surface area contributed by atoms with Crippen molar-refractivity contribution in [2.75, 3.05) is 112 Å². The summed E-state index contributed by atoms with van der Waals surface area (Å²) in [4.78, 5) is 30.9. The Kier molecular flexibility index (Phi) is 41.1. The topological polar surface area (TPSA) is 103 Å². The Morgan fingerprint density at radius 3 is 1.06 bits per heavy atom. The molecule has 7 heterocycles. The summed E-state index contributed by atoms with van der Waals surface area (Å²) in [5.41, 5.74) is 0. The van der Waals surface area contributed by atoms with Gasteiger partial charge in [-0.15, -0.1) is 0 Å². The van der Waals surface area contributed by atoms with Gasteiger partial charge in [0.05, 0.1) is 0 Å². The molecule has 7 fully saturated rings. The van der Waals surface area contributed by atoms with Crippen LogP contribution in [0, 0.1) is 35.5 Å². The van der Waals surface area contributed by atoms with Crippen LogP contribution in [0.15, 0.2) is 0 Å². The zero-order chi connectivity index (χ0) is 47.5. The lowest BCUT2D eigenvalue weighted by atomic mass is 9.95. The molecule has 7 atom stereocenters. The van der Waals surface area contributed by atoms with Gasteiger partial charge in [-0.05, 0) is 107 Å². The van der Waals surface area contributed by atoms with Crippen LogP contribution in [-0.2, 0) is 19.1 Å². The molecule has 1 N–H and O–H groups in total. The summed E-state index contributed by atoms with van der Waals surface area (Å²) >= 11 is 0. The Hall–Kier alpha value is 1.66. The number of nitrogens with zero attached hydrogens (tertiary/aromatic N) is 7. The number of aliphatic hydroxyl groups excluding tert-OH is 1. The lowest BCUT2D eigenvalue weighted by Gasteiger charge is -2.27. The molecule has 0 radical (unpaired) electrons. The second-order valence-corrected chi connectivity index (χ2v) is 23.9. The molecule has 0 aliphatic carbocycles. The predicted octanol–water partition coefficient (Wildman–Crippen LogP) is 7.62. The van der Waals surface area contributed by atoms with Crippen molar-refractivity contribution < 1.29 is 24.2 Å². The van der Waals surface area contributed by atoms with Gasteiger partial charge in [0, 0.05) is 137 Å². The fourth-order valence-corrected chi connectivity index (χ4v) is 10.4. The van der Waals surface area contributed by atoms with Crippen LogP contribution >= 0.6 is 65.7 Å². The van der Waals surface area contributed by atoms with Gasteiger partial charge >= 0.3 is 0 Å². The van der Waals surface area contributed by atoms with Gasteiger partial charge in [-0.1, -0.05) is 92.4 Å². The molecule has 19 heteroatoms. The van der Waals surface area contributed by atoms with Crippen molar-refractivity contribution in [3.63, 3.8) is 0 Å². The number of aldehydes is 2. The molecule has 0 amide bonds. The minimum Gasteiger partial charge on any atom is -0.396 e.